The van der Waals surface area contributed by atoms with Gasteiger partial charge in [-0.25, -0.2) is 4.98 Å². The highest BCUT2D eigenvalue weighted by Crippen LogP contribution is 2.21. The number of hydrogen-bond donors (Lipinski definition) is 2. The lowest BCUT2D eigenvalue weighted by Gasteiger charge is -2.27. The highest BCUT2D eigenvalue weighted by molar-refractivity contribution is 5.97. The number of aromatic amines is 1. The Hall–Kier alpha value is -2.66. The van der Waals surface area contributed by atoms with Crippen LogP contribution in [-0.4, -0.2) is 47.0 Å². The summed E-state index contributed by atoms with van der Waals surface area (Å²) < 4.78 is 0. The van der Waals surface area contributed by atoms with E-state index < -0.39 is 0 Å². The van der Waals surface area contributed by atoms with E-state index in [0.717, 1.165) is 48.6 Å². The van der Waals surface area contributed by atoms with Gasteiger partial charge in [0.15, 0.2) is 0 Å². The van der Waals surface area contributed by atoms with Crippen LogP contribution in [-0.2, 0) is 0 Å². The number of aromatic nitrogens is 2. The molecule has 1 amide bonds. The minimum atomic E-state index is 0.0873. The molecule has 2 N–H and O–H groups in total. The first-order valence-electron chi connectivity index (χ1n) is 7.86. The van der Waals surface area contributed by atoms with Crippen LogP contribution in [0.15, 0.2) is 48.5 Å². The number of amides is 1. The third-order valence-corrected chi connectivity index (χ3v) is 4.18. The van der Waals surface area contributed by atoms with Gasteiger partial charge in [0, 0.05) is 37.3 Å². The maximum atomic E-state index is 12.6. The summed E-state index contributed by atoms with van der Waals surface area (Å²) >= 11 is 0. The predicted octanol–water partition coefficient (Wildman–Crippen LogP) is 2.28. The molecule has 2 aromatic carbocycles. The highest BCUT2D eigenvalue weighted by Gasteiger charge is 2.18. The number of carbonyl (C=O) groups excluding carboxylic acids is 1. The Kier molecular flexibility index (Phi) is 3.55. The molecule has 1 saturated heterocycles. The van der Waals surface area contributed by atoms with Gasteiger partial charge in [0.25, 0.3) is 5.91 Å². The molecule has 2 heterocycles. The first kappa shape index (κ1) is 14.0. The van der Waals surface area contributed by atoms with E-state index in [1.807, 2.05) is 53.4 Å². The lowest BCUT2D eigenvalue weighted by Crippen LogP contribution is -2.46. The van der Waals surface area contributed by atoms with Crippen molar-refractivity contribution in [1.29, 1.82) is 0 Å². The average molecular weight is 306 g/mol. The quantitative estimate of drug-likeness (QED) is 0.763. The van der Waals surface area contributed by atoms with Crippen LogP contribution < -0.4 is 5.32 Å². The van der Waals surface area contributed by atoms with Crippen molar-refractivity contribution in [1.82, 2.24) is 20.2 Å². The van der Waals surface area contributed by atoms with Crippen LogP contribution in [0.2, 0.25) is 0 Å². The van der Waals surface area contributed by atoms with Crippen molar-refractivity contribution in [3.05, 3.63) is 54.1 Å². The molecule has 0 atom stereocenters. The van der Waals surface area contributed by atoms with Gasteiger partial charge in [-0.05, 0) is 18.2 Å². The van der Waals surface area contributed by atoms with Gasteiger partial charge in [-0.3, -0.25) is 4.79 Å². The number of carbonyl (C=O) groups is 1. The largest absolute Gasteiger partial charge is 0.338 e. The molecule has 5 nitrogen and oxygen atoms in total. The van der Waals surface area contributed by atoms with Gasteiger partial charge >= 0.3 is 0 Å². The summed E-state index contributed by atoms with van der Waals surface area (Å²) in [6.45, 7) is 3.23. The van der Waals surface area contributed by atoms with Gasteiger partial charge in [-0.15, -0.1) is 0 Å². The maximum Gasteiger partial charge on any atom is 0.254 e. The van der Waals surface area contributed by atoms with Gasteiger partial charge in [0.2, 0.25) is 0 Å². The van der Waals surface area contributed by atoms with Crippen molar-refractivity contribution in [2.45, 2.75) is 0 Å². The number of nitrogens with one attached hydrogen (secondary N) is 2. The summed E-state index contributed by atoms with van der Waals surface area (Å²) in [6.07, 6.45) is 0. The SMILES string of the molecule is O=C(c1ccc2nc(-c3ccccc3)[nH]c2c1)N1CCNCC1. The molecule has 1 aromatic heterocycles. The zero-order valence-corrected chi connectivity index (χ0v) is 12.7. The summed E-state index contributed by atoms with van der Waals surface area (Å²) in [5.74, 6) is 0.914. The number of benzene rings is 2. The molecule has 1 aliphatic rings. The van der Waals surface area contributed by atoms with Gasteiger partial charge < -0.3 is 15.2 Å². The minimum absolute atomic E-state index is 0.0873. The van der Waals surface area contributed by atoms with E-state index in [-0.39, 0.29) is 5.91 Å². The molecule has 0 unspecified atom stereocenters. The topological polar surface area (TPSA) is 61.0 Å². The van der Waals surface area contributed by atoms with Crippen LogP contribution in [0.25, 0.3) is 22.4 Å². The second-order valence-electron chi connectivity index (χ2n) is 5.73. The Morgan fingerprint density at radius 1 is 1.04 bits per heavy atom. The number of H-pyrrole nitrogens is 1. The Bertz CT molecular complexity index is 835. The fourth-order valence-electron chi connectivity index (χ4n) is 2.93. The van der Waals surface area contributed by atoms with Crippen LogP contribution in [0.3, 0.4) is 0 Å². The number of imidazole rings is 1. The zero-order chi connectivity index (χ0) is 15.6. The Morgan fingerprint density at radius 3 is 2.61 bits per heavy atom. The summed E-state index contributed by atoms with van der Waals surface area (Å²) in [5.41, 5.74) is 3.52. The zero-order valence-electron chi connectivity index (χ0n) is 12.7. The van der Waals surface area contributed by atoms with E-state index in [1.165, 1.54) is 0 Å². The molecule has 0 spiro atoms. The van der Waals surface area contributed by atoms with Gasteiger partial charge in [-0.2, -0.15) is 0 Å². The normalized spacial score (nSPS) is 15.0. The highest BCUT2D eigenvalue weighted by atomic mass is 16.2. The second-order valence-corrected chi connectivity index (χ2v) is 5.73. The molecule has 23 heavy (non-hydrogen) atoms. The molecule has 4 rings (SSSR count). The number of rotatable bonds is 2. The number of hydrogen-bond acceptors (Lipinski definition) is 3. The predicted molar refractivity (Wildman–Crippen MR) is 90.3 cm³/mol. The molecule has 0 bridgehead atoms. The smallest absolute Gasteiger partial charge is 0.254 e. The number of fused-ring (bicyclic) bond motifs is 1. The van der Waals surface area contributed by atoms with E-state index >= 15 is 0 Å². The van der Waals surface area contributed by atoms with Crippen LogP contribution in [0.5, 0.6) is 0 Å². The third kappa shape index (κ3) is 2.71. The van der Waals surface area contributed by atoms with Crippen molar-refractivity contribution >= 4 is 16.9 Å². The van der Waals surface area contributed by atoms with Crippen LogP contribution in [0.1, 0.15) is 10.4 Å². The lowest BCUT2D eigenvalue weighted by atomic mass is 10.1. The molecule has 1 fully saturated rings. The monoisotopic (exact) mass is 306 g/mol. The molecule has 0 aliphatic carbocycles. The van der Waals surface area contributed by atoms with E-state index in [0.29, 0.717) is 5.56 Å². The molecular weight excluding hydrogens is 288 g/mol. The first-order valence-corrected chi connectivity index (χ1v) is 7.86. The van der Waals surface area contributed by atoms with Crippen LogP contribution in [0, 0.1) is 0 Å². The van der Waals surface area contributed by atoms with Gasteiger partial charge in [-0.1, -0.05) is 30.3 Å². The third-order valence-electron chi connectivity index (χ3n) is 4.18. The van der Waals surface area contributed by atoms with E-state index in [9.17, 15) is 4.79 Å². The van der Waals surface area contributed by atoms with Gasteiger partial charge in [0.05, 0.1) is 11.0 Å². The van der Waals surface area contributed by atoms with Crippen molar-refractivity contribution in [2.24, 2.45) is 0 Å². The van der Waals surface area contributed by atoms with Crippen molar-refractivity contribution in [3.63, 3.8) is 0 Å². The Morgan fingerprint density at radius 2 is 1.83 bits per heavy atom. The Labute approximate surface area is 134 Å². The summed E-state index contributed by atoms with van der Waals surface area (Å²) in [7, 11) is 0. The van der Waals surface area contributed by atoms with Crippen molar-refractivity contribution in [2.75, 3.05) is 26.2 Å². The average Bonchev–Trinajstić information content (AvgIpc) is 3.06. The summed E-state index contributed by atoms with van der Waals surface area (Å²) in [5, 5.41) is 3.26. The molecule has 0 radical (unpaired) electrons. The lowest BCUT2D eigenvalue weighted by molar-refractivity contribution is 0.0736. The molecule has 3 aromatic rings. The summed E-state index contributed by atoms with van der Waals surface area (Å²) in [4.78, 5) is 22.4. The Balaban J connectivity index is 1.66. The second kappa shape index (κ2) is 5.85. The van der Waals surface area contributed by atoms with Crippen LogP contribution in [0.4, 0.5) is 0 Å². The fraction of sp³-hybridized carbons (Fsp3) is 0.222. The maximum absolute atomic E-state index is 12.6. The van der Waals surface area contributed by atoms with Crippen molar-refractivity contribution < 1.29 is 4.79 Å². The molecule has 116 valence electrons. The minimum Gasteiger partial charge on any atom is -0.338 e. The van der Waals surface area contributed by atoms with E-state index in [1.54, 1.807) is 0 Å². The number of nitrogens with zero attached hydrogens (tertiary/aromatic N) is 2. The van der Waals surface area contributed by atoms with E-state index in [4.69, 9.17) is 0 Å². The molecular formula is C18H18N4O. The van der Waals surface area contributed by atoms with Gasteiger partial charge in [0.1, 0.15) is 5.82 Å². The molecule has 5 heteroatoms. The molecule has 0 saturated carbocycles. The first-order chi connectivity index (χ1) is 11.3. The fourth-order valence-corrected chi connectivity index (χ4v) is 2.93. The molecule has 1 aliphatic heterocycles. The number of piperazine rings is 1. The summed E-state index contributed by atoms with van der Waals surface area (Å²) in [6, 6.07) is 15.7. The van der Waals surface area contributed by atoms with Crippen molar-refractivity contribution in [3.8, 4) is 11.4 Å². The van der Waals surface area contributed by atoms with E-state index in [2.05, 4.69) is 15.3 Å². The van der Waals surface area contributed by atoms with Crippen LogP contribution >= 0.6 is 0 Å². The standard InChI is InChI=1S/C18H18N4O/c23-18(22-10-8-19-9-11-22)14-6-7-15-16(12-14)21-17(20-15)13-4-2-1-3-5-13/h1-7,12,19H,8-11H2,(H,20,21).